The number of nitrogens with zero attached hydrogens (tertiary/aromatic N) is 2. The van der Waals surface area contributed by atoms with Crippen LogP contribution in [-0.2, 0) is 0 Å². The third-order valence-electron chi connectivity index (χ3n) is 5.89. The predicted molar refractivity (Wildman–Crippen MR) is 134 cm³/mol. The lowest BCUT2D eigenvalue weighted by Gasteiger charge is -2.12. The Labute approximate surface area is 197 Å². The highest BCUT2D eigenvalue weighted by Gasteiger charge is 2.14. The lowest BCUT2D eigenvalue weighted by molar-refractivity contribution is 0.395. The molecule has 0 aliphatic heterocycles. The van der Waals surface area contributed by atoms with E-state index in [9.17, 15) is 0 Å². The second kappa shape index (κ2) is 8.90. The summed E-state index contributed by atoms with van der Waals surface area (Å²) in [5, 5.41) is 2.02. The number of fused-ring (bicyclic) bond motifs is 3. The molecule has 5 aromatic rings. The van der Waals surface area contributed by atoms with Crippen LogP contribution in [0.5, 0.6) is 23.0 Å². The molecule has 0 bridgehead atoms. The van der Waals surface area contributed by atoms with E-state index in [0.29, 0.717) is 11.5 Å². The molecule has 0 atom stereocenters. The zero-order chi connectivity index (χ0) is 23.7. The van der Waals surface area contributed by atoms with Gasteiger partial charge < -0.3 is 18.9 Å². The third-order valence-corrected chi connectivity index (χ3v) is 5.89. The number of methoxy groups -OCH3 is 4. The van der Waals surface area contributed by atoms with Crippen molar-refractivity contribution in [1.29, 1.82) is 0 Å². The van der Waals surface area contributed by atoms with E-state index in [-0.39, 0.29) is 0 Å². The Balaban J connectivity index is 1.70. The average Bonchev–Trinajstić information content (AvgIpc) is 2.91. The average molecular weight is 453 g/mol. The largest absolute Gasteiger partial charge is 0.497 e. The molecule has 0 radical (unpaired) electrons. The van der Waals surface area contributed by atoms with Crippen molar-refractivity contribution in [2.24, 2.45) is 0 Å². The maximum Gasteiger partial charge on any atom is 0.131 e. The van der Waals surface area contributed by atoms with E-state index >= 15 is 0 Å². The molecule has 0 amide bonds. The first-order valence-corrected chi connectivity index (χ1v) is 10.8. The predicted octanol–water partition coefficient (Wildman–Crippen LogP) is 6.15. The van der Waals surface area contributed by atoms with Gasteiger partial charge in [-0.2, -0.15) is 0 Å². The zero-order valence-corrected chi connectivity index (χ0v) is 19.5. The second-order valence-electron chi connectivity index (χ2n) is 7.73. The van der Waals surface area contributed by atoms with Crippen molar-refractivity contribution in [3.63, 3.8) is 0 Å². The van der Waals surface area contributed by atoms with Crippen molar-refractivity contribution in [3.8, 4) is 45.5 Å². The van der Waals surface area contributed by atoms with Crippen LogP contribution in [0.25, 0.3) is 44.3 Å². The molecule has 5 rings (SSSR count). The van der Waals surface area contributed by atoms with Crippen LogP contribution in [0.1, 0.15) is 0 Å². The van der Waals surface area contributed by atoms with Crippen LogP contribution in [-0.4, -0.2) is 38.4 Å². The quantitative estimate of drug-likeness (QED) is 0.288. The molecule has 0 saturated carbocycles. The van der Waals surface area contributed by atoms with Gasteiger partial charge in [0.1, 0.15) is 23.0 Å². The smallest absolute Gasteiger partial charge is 0.131 e. The van der Waals surface area contributed by atoms with E-state index < -0.39 is 0 Å². The van der Waals surface area contributed by atoms with Crippen LogP contribution in [0.3, 0.4) is 0 Å². The van der Waals surface area contributed by atoms with Gasteiger partial charge >= 0.3 is 0 Å². The maximum atomic E-state index is 5.60. The van der Waals surface area contributed by atoms with Crippen LogP contribution in [0.4, 0.5) is 0 Å². The molecule has 0 fully saturated rings. The van der Waals surface area contributed by atoms with Gasteiger partial charge in [0.15, 0.2) is 0 Å². The molecule has 0 saturated heterocycles. The van der Waals surface area contributed by atoms with Gasteiger partial charge in [0.05, 0.1) is 50.9 Å². The molecular formula is C28H24N2O4. The van der Waals surface area contributed by atoms with Crippen LogP contribution in [0, 0.1) is 0 Å². The molecule has 0 N–H and O–H groups in total. The minimum absolute atomic E-state index is 0.697. The topological polar surface area (TPSA) is 62.7 Å². The van der Waals surface area contributed by atoms with Crippen molar-refractivity contribution in [1.82, 2.24) is 9.97 Å². The fourth-order valence-corrected chi connectivity index (χ4v) is 4.09. The fraction of sp³-hybridized carbons (Fsp3) is 0.143. The number of ether oxygens (including phenoxy) is 4. The maximum absolute atomic E-state index is 5.60. The molecule has 0 aliphatic carbocycles. The molecule has 34 heavy (non-hydrogen) atoms. The van der Waals surface area contributed by atoms with E-state index in [0.717, 1.165) is 55.8 Å². The number of benzene rings is 3. The van der Waals surface area contributed by atoms with Gasteiger partial charge in [-0.15, -0.1) is 0 Å². The molecule has 0 unspecified atom stereocenters. The van der Waals surface area contributed by atoms with Crippen LogP contribution in [0.2, 0.25) is 0 Å². The second-order valence-corrected chi connectivity index (χ2v) is 7.73. The van der Waals surface area contributed by atoms with E-state index in [1.807, 2.05) is 48.5 Å². The van der Waals surface area contributed by atoms with Gasteiger partial charge in [0, 0.05) is 34.0 Å². The number of pyridine rings is 2. The van der Waals surface area contributed by atoms with E-state index in [1.54, 1.807) is 28.4 Å². The van der Waals surface area contributed by atoms with Gasteiger partial charge in [0.25, 0.3) is 0 Å². The van der Waals surface area contributed by atoms with Gasteiger partial charge in [-0.3, -0.25) is 0 Å². The third kappa shape index (κ3) is 3.73. The van der Waals surface area contributed by atoms with Crippen molar-refractivity contribution >= 4 is 21.8 Å². The molecule has 2 aromatic heterocycles. The summed E-state index contributed by atoms with van der Waals surface area (Å²) in [5.41, 5.74) is 5.01. The van der Waals surface area contributed by atoms with Crippen molar-refractivity contribution < 1.29 is 18.9 Å². The van der Waals surface area contributed by atoms with Crippen molar-refractivity contribution in [2.75, 3.05) is 28.4 Å². The van der Waals surface area contributed by atoms with E-state index in [1.165, 1.54) is 0 Å². The first-order chi connectivity index (χ1) is 16.6. The first kappa shape index (κ1) is 21.5. The summed E-state index contributed by atoms with van der Waals surface area (Å²) >= 11 is 0. The molecule has 3 aromatic carbocycles. The van der Waals surface area contributed by atoms with Crippen LogP contribution >= 0.6 is 0 Å². The van der Waals surface area contributed by atoms with E-state index in [2.05, 4.69) is 24.3 Å². The van der Waals surface area contributed by atoms with Crippen LogP contribution in [0.15, 0.2) is 72.8 Å². The summed E-state index contributed by atoms with van der Waals surface area (Å²) in [6.45, 7) is 0. The van der Waals surface area contributed by atoms with Gasteiger partial charge in [0.2, 0.25) is 0 Å². The summed E-state index contributed by atoms with van der Waals surface area (Å²) in [5.74, 6) is 2.85. The van der Waals surface area contributed by atoms with Crippen LogP contribution < -0.4 is 18.9 Å². The molecule has 6 heteroatoms. The molecule has 170 valence electrons. The lowest BCUT2D eigenvalue weighted by Crippen LogP contribution is -1.95. The monoisotopic (exact) mass is 452 g/mol. The Morgan fingerprint density at radius 3 is 1.26 bits per heavy atom. The highest BCUT2D eigenvalue weighted by atomic mass is 16.5. The number of aromatic nitrogens is 2. The normalized spacial score (nSPS) is 10.9. The minimum Gasteiger partial charge on any atom is -0.497 e. The van der Waals surface area contributed by atoms with Gasteiger partial charge in [-0.1, -0.05) is 24.3 Å². The molecular weight excluding hydrogens is 428 g/mol. The lowest BCUT2D eigenvalue weighted by atomic mass is 10.0. The SMILES string of the molecule is COc1ccc(-c2ccc3ccc4ccc(-c5ccc(OC)cc5OC)nc4c3n2)c(OC)c1. The highest BCUT2D eigenvalue weighted by Crippen LogP contribution is 2.36. The Morgan fingerprint density at radius 1 is 0.471 bits per heavy atom. The molecule has 2 heterocycles. The molecule has 0 spiro atoms. The molecule has 0 aliphatic rings. The van der Waals surface area contributed by atoms with Gasteiger partial charge in [-0.05, 0) is 36.4 Å². The first-order valence-electron chi connectivity index (χ1n) is 10.8. The summed E-state index contributed by atoms with van der Waals surface area (Å²) < 4.78 is 21.9. The Kier molecular flexibility index (Phi) is 5.64. The number of hydrogen-bond acceptors (Lipinski definition) is 6. The minimum atomic E-state index is 0.697. The number of rotatable bonds is 6. The standard InChI is InChI=1S/C28H24N2O4/c1-31-19-9-11-21(25(15-19)33-3)23-13-7-17-5-6-18-8-14-24(30-28(18)27(17)29-23)22-12-10-20(32-2)16-26(22)34-4/h5-16H,1-4H3. The molecule has 6 nitrogen and oxygen atoms in total. The van der Waals surface area contributed by atoms with Crippen molar-refractivity contribution in [2.45, 2.75) is 0 Å². The van der Waals surface area contributed by atoms with Crippen molar-refractivity contribution in [3.05, 3.63) is 72.8 Å². The Hall–Kier alpha value is -4.32. The fourth-order valence-electron chi connectivity index (χ4n) is 4.09. The summed E-state index contributed by atoms with van der Waals surface area (Å²) in [4.78, 5) is 10.0. The van der Waals surface area contributed by atoms with E-state index in [4.69, 9.17) is 28.9 Å². The summed E-state index contributed by atoms with van der Waals surface area (Å²) in [6.07, 6.45) is 0. The summed E-state index contributed by atoms with van der Waals surface area (Å²) in [7, 11) is 6.56. The highest BCUT2D eigenvalue weighted by molar-refractivity contribution is 6.04. The summed E-state index contributed by atoms with van der Waals surface area (Å²) in [6, 6.07) is 23.7. The Morgan fingerprint density at radius 2 is 0.882 bits per heavy atom. The number of hydrogen-bond donors (Lipinski definition) is 0. The zero-order valence-electron chi connectivity index (χ0n) is 19.5. The Bertz CT molecular complexity index is 1400. The van der Waals surface area contributed by atoms with Gasteiger partial charge in [-0.25, -0.2) is 9.97 Å².